The van der Waals surface area contributed by atoms with Gasteiger partial charge in [0.1, 0.15) is 0 Å². The van der Waals surface area contributed by atoms with Crippen LogP contribution >= 0.6 is 39.1 Å². The predicted molar refractivity (Wildman–Crippen MR) is 55.8 cm³/mol. The molecule has 0 spiro atoms. The molecule has 1 rings (SSSR count). The highest BCUT2D eigenvalue weighted by Crippen LogP contribution is 2.32. The molecule has 0 aromatic heterocycles. The molecule has 0 amide bonds. The Labute approximate surface area is 89.7 Å². The molecule has 1 aromatic rings. The van der Waals surface area contributed by atoms with Crippen molar-refractivity contribution in [2.75, 3.05) is 11.9 Å². The van der Waals surface area contributed by atoms with Gasteiger partial charge in [0.2, 0.25) is 0 Å². The van der Waals surface area contributed by atoms with E-state index in [1.807, 2.05) is 0 Å². The fourth-order valence-corrected chi connectivity index (χ4v) is 1.43. The van der Waals surface area contributed by atoms with Crippen LogP contribution in [0.4, 0.5) is 0 Å². The van der Waals surface area contributed by atoms with Gasteiger partial charge in [-0.3, -0.25) is 0 Å². The first-order chi connectivity index (χ1) is 5.75. The monoisotopic (exact) mass is 268 g/mol. The Kier molecular flexibility index (Phi) is 4.19. The summed E-state index contributed by atoms with van der Waals surface area (Å²) in [6, 6.07) is 5.28. The second-order valence-electron chi connectivity index (χ2n) is 2.09. The third kappa shape index (κ3) is 2.54. The third-order valence-electron chi connectivity index (χ3n) is 1.24. The van der Waals surface area contributed by atoms with Crippen LogP contribution < -0.4 is 4.74 Å². The molecule has 66 valence electrons. The third-order valence-corrected chi connectivity index (χ3v) is 2.16. The first kappa shape index (κ1) is 10.2. The van der Waals surface area contributed by atoms with Crippen LogP contribution in [0.3, 0.4) is 0 Å². The number of ether oxygens (including phenoxy) is 1. The Bertz CT molecular complexity index is 245. The zero-order valence-corrected chi connectivity index (χ0v) is 9.29. The molecule has 0 aliphatic carbocycles. The lowest BCUT2D eigenvalue weighted by Gasteiger charge is -2.07. The van der Waals surface area contributed by atoms with E-state index in [1.165, 1.54) is 0 Å². The molecule has 0 heterocycles. The van der Waals surface area contributed by atoms with Gasteiger partial charge in [0.15, 0.2) is 5.75 Å². The Hall–Kier alpha value is 0.0800. The van der Waals surface area contributed by atoms with E-state index >= 15 is 0 Å². The Morgan fingerprint density at radius 1 is 1.25 bits per heavy atom. The average Bonchev–Trinajstić information content (AvgIpc) is 2.04. The van der Waals surface area contributed by atoms with Crippen molar-refractivity contribution >= 4 is 39.1 Å². The molecular weight excluding hydrogens is 263 g/mol. The van der Waals surface area contributed by atoms with Gasteiger partial charge in [0, 0.05) is 5.33 Å². The van der Waals surface area contributed by atoms with Gasteiger partial charge in [-0.2, -0.15) is 0 Å². The van der Waals surface area contributed by atoms with Crippen LogP contribution in [0.5, 0.6) is 5.75 Å². The van der Waals surface area contributed by atoms with Crippen LogP contribution in [0.15, 0.2) is 18.2 Å². The first-order valence-corrected chi connectivity index (χ1v) is 5.26. The Morgan fingerprint density at radius 2 is 1.83 bits per heavy atom. The lowest BCUT2D eigenvalue weighted by molar-refractivity contribution is 0.345. The SMILES string of the molecule is Clc1cccc(Cl)c1OCCBr. The van der Waals surface area contributed by atoms with Gasteiger partial charge in [-0.15, -0.1) is 0 Å². The van der Waals surface area contributed by atoms with E-state index in [4.69, 9.17) is 27.9 Å². The summed E-state index contributed by atoms with van der Waals surface area (Å²) >= 11 is 14.9. The summed E-state index contributed by atoms with van der Waals surface area (Å²) in [7, 11) is 0. The molecule has 0 unspecified atom stereocenters. The highest BCUT2D eigenvalue weighted by atomic mass is 79.9. The largest absolute Gasteiger partial charge is 0.490 e. The summed E-state index contributed by atoms with van der Waals surface area (Å²) in [5.74, 6) is 0.556. The van der Waals surface area contributed by atoms with E-state index < -0.39 is 0 Å². The summed E-state index contributed by atoms with van der Waals surface area (Å²) in [4.78, 5) is 0. The molecule has 0 saturated heterocycles. The summed E-state index contributed by atoms with van der Waals surface area (Å²) in [6.45, 7) is 0.559. The minimum absolute atomic E-state index is 0.545. The maximum Gasteiger partial charge on any atom is 0.156 e. The number of para-hydroxylation sites is 1. The summed E-state index contributed by atoms with van der Waals surface area (Å²) in [5.41, 5.74) is 0. The Morgan fingerprint density at radius 3 is 2.33 bits per heavy atom. The van der Waals surface area contributed by atoms with Crippen LogP contribution in [0.25, 0.3) is 0 Å². The standard InChI is InChI=1S/C8H7BrCl2O/c9-4-5-12-8-6(10)2-1-3-7(8)11/h1-3H,4-5H2. The maximum absolute atomic E-state index is 5.84. The zero-order chi connectivity index (χ0) is 8.97. The topological polar surface area (TPSA) is 9.23 Å². The quantitative estimate of drug-likeness (QED) is 0.759. The molecule has 0 aliphatic heterocycles. The van der Waals surface area contributed by atoms with Gasteiger partial charge >= 0.3 is 0 Å². The number of halogens is 3. The van der Waals surface area contributed by atoms with E-state index in [-0.39, 0.29) is 0 Å². The van der Waals surface area contributed by atoms with Crippen molar-refractivity contribution in [1.82, 2.24) is 0 Å². The van der Waals surface area contributed by atoms with Crippen molar-refractivity contribution in [3.63, 3.8) is 0 Å². The van der Waals surface area contributed by atoms with Gasteiger partial charge in [0.05, 0.1) is 16.7 Å². The Balaban J connectivity index is 2.81. The first-order valence-electron chi connectivity index (χ1n) is 3.38. The van der Waals surface area contributed by atoms with Crippen molar-refractivity contribution in [2.45, 2.75) is 0 Å². The number of hydrogen-bond acceptors (Lipinski definition) is 1. The minimum atomic E-state index is 0.545. The smallest absolute Gasteiger partial charge is 0.156 e. The number of alkyl halides is 1. The highest BCUT2D eigenvalue weighted by Gasteiger charge is 2.04. The minimum Gasteiger partial charge on any atom is -0.490 e. The molecular formula is C8H7BrCl2O. The van der Waals surface area contributed by atoms with Crippen LogP contribution in [0, 0.1) is 0 Å². The van der Waals surface area contributed by atoms with Crippen molar-refractivity contribution in [1.29, 1.82) is 0 Å². The molecule has 4 heteroatoms. The molecule has 0 saturated carbocycles. The van der Waals surface area contributed by atoms with Crippen molar-refractivity contribution in [3.05, 3.63) is 28.2 Å². The molecule has 0 bridgehead atoms. The molecule has 0 atom stereocenters. The molecule has 0 aliphatic rings. The molecule has 0 radical (unpaired) electrons. The van der Waals surface area contributed by atoms with Crippen LogP contribution in [0.2, 0.25) is 10.0 Å². The van der Waals surface area contributed by atoms with Crippen molar-refractivity contribution in [3.8, 4) is 5.75 Å². The summed E-state index contributed by atoms with van der Waals surface area (Å²) in [5, 5.41) is 1.85. The van der Waals surface area contributed by atoms with E-state index in [1.54, 1.807) is 18.2 Å². The lowest BCUT2D eigenvalue weighted by Crippen LogP contribution is -1.98. The second kappa shape index (κ2) is 4.95. The van der Waals surface area contributed by atoms with Gasteiger partial charge in [-0.05, 0) is 12.1 Å². The number of benzene rings is 1. The van der Waals surface area contributed by atoms with Gasteiger partial charge in [-0.25, -0.2) is 0 Å². The maximum atomic E-state index is 5.84. The lowest BCUT2D eigenvalue weighted by atomic mass is 10.3. The molecule has 1 aromatic carbocycles. The van der Waals surface area contributed by atoms with Gasteiger partial charge < -0.3 is 4.74 Å². The number of rotatable bonds is 3. The van der Waals surface area contributed by atoms with Crippen molar-refractivity contribution in [2.24, 2.45) is 0 Å². The van der Waals surface area contributed by atoms with Crippen LogP contribution in [-0.4, -0.2) is 11.9 Å². The average molecular weight is 270 g/mol. The van der Waals surface area contributed by atoms with E-state index in [0.717, 1.165) is 5.33 Å². The number of hydrogen-bond donors (Lipinski definition) is 0. The van der Waals surface area contributed by atoms with E-state index in [9.17, 15) is 0 Å². The van der Waals surface area contributed by atoms with Crippen LogP contribution in [-0.2, 0) is 0 Å². The fraction of sp³-hybridized carbons (Fsp3) is 0.250. The van der Waals surface area contributed by atoms with E-state index in [0.29, 0.717) is 22.4 Å². The fourth-order valence-electron chi connectivity index (χ4n) is 0.761. The summed E-state index contributed by atoms with van der Waals surface area (Å²) in [6.07, 6.45) is 0. The predicted octanol–water partition coefficient (Wildman–Crippen LogP) is 3.77. The molecule has 12 heavy (non-hydrogen) atoms. The zero-order valence-electron chi connectivity index (χ0n) is 6.19. The summed E-state index contributed by atoms with van der Waals surface area (Å²) < 4.78 is 5.31. The molecule has 1 nitrogen and oxygen atoms in total. The second-order valence-corrected chi connectivity index (χ2v) is 3.70. The van der Waals surface area contributed by atoms with Crippen molar-refractivity contribution < 1.29 is 4.74 Å². The van der Waals surface area contributed by atoms with E-state index in [2.05, 4.69) is 15.9 Å². The van der Waals surface area contributed by atoms with Gasteiger partial charge in [0.25, 0.3) is 0 Å². The normalized spacial score (nSPS) is 9.92. The van der Waals surface area contributed by atoms with Crippen LogP contribution in [0.1, 0.15) is 0 Å². The highest BCUT2D eigenvalue weighted by molar-refractivity contribution is 9.09. The molecule has 0 fully saturated rings. The molecule has 0 N–H and O–H groups in total. The van der Waals surface area contributed by atoms with Gasteiger partial charge in [-0.1, -0.05) is 45.2 Å².